The number of amides is 2. The molecule has 2 aliphatic heterocycles. The number of pyridine rings is 1. The minimum atomic E-state index is -0.440. The second-order valence-corrected chi connectivity index (χ2v) is 9.01. The first-order valence-corrected chi connectivity index (χ1v) is 11.5. The number of halogens is 1. The van der Waals surface area contributed by atoms with Crippen molar-refractivity contribution in [2.75, 3.05) is 66.2 Å². The molecule has 2 saturated heterocycles. The van der Waals surface area contributed by atoms with Crippen molar-refractivity contribution in [3.8, 4) is 5.75 Å². The normalized spacial score (nSPS) is 18.7. The Morgan fingerprint density at radius 1 is 1.06 bits per heavy atom. The third-order valence-electron chi connectivity index (χ3n) is 6.10. The predicted octanol–water partition coefficient (Wildman–Crippen LogP) is 1.10. The Balaban J connectivity index is 1.32. The van der Waals surface area contributed by atoms with Gasteiger partial charge >= 0.3 is 11.8 Å². The van der Waals surface area contributed by atoms with Crippen LogP contribution in [0.1, 0.15) is 5.56 Å². The number of carbonyl (C=O) groups is 2. The van der Waals surface area contributed by atoms with Gasteiger partial charge in [-0.2, -0.15) is 0 Å². The van der Waals surface area contributed by atoms with Crippen molar-refractivity contribution in [1.82, 2.24) is 24.6 Å². The summed E-state index contributed by atoms with van der Waals surface area (Å²) in [7, 11) is 1.59. The van der Waals surface area contributed by atoms with E-state index in [2.05, 4.69) is 30.7 Å². The number of benzene rings is 1. The number of piperazine rings is 2. The van der Waals surface area contributed by atoms with Gasteiger partial charge in [-0.05, 0) is 33.6 Å². The molecule has 0 saturated carbocycles. The van der Waals surface area contributed by atoms with Crippen molar-refractivity contribution in [3.05, 3.63) is 34.4 Å². The molecular weight excluding hydrogens is 478 g/mol. The van der Waals surface area contributed by atoms with Gasteiger partial charge in [0.05, 0.1) is 17.7 Å². The van der Waals surface area contributed by atoms with E-state index < -0.39 is 11.8 Å². The number of phenols is 1. The molecule has 2 fully saturated rings. The number of fused-ring (bicyclic) bond motifs is 1. The average Bonchev–Trinajstić information content (AvgIpc) is 2.81. The zero-order valence-electron chi connectivity index (χ0n) is 18.2. The molecule has 0 spiro atoms. The molecule has 3 heterocycles. The van der Waals surface area contributed by atoms with Crippen molar-refractivity contribution in [2.45, 2.75) is 6.54 Å². The van der Waals surface area contributed by atoms with E-state index in [-0.39, 0.29) is 5.75 Å². The Hall–Kier alpha value is -2.27. The number of carbonyl (C=O) groups excluding carboxylic acids is 2. The predicted molar refractivity (Wildman–Crippen MR) is 123 cm³/mol. The minimum absolute atomic E-state index is 0.163. The van der Waals surface area contributed by atoms with Crippen LogP contribution in [-0.2, 0) is 20.9 Å². The van der Waals surface area contributed by atoms with Gasteiger partial charge in [-0.3, -0.25) is 24.4 Å². The van der Waals surface area contributed by atoms with Gasteiger partial charge in [0.15, 0.2) is 5.75 Å². The molecule has 1 N–H and O–H groups in total. The SMILES string of the molecule is COCCN1CCN(CN2CCN(Cc3cc(Br)c(O)c4ncccc34)CC2)C(=O)C1=O. The molecule has 2 aliphatic rings. The second-order valence-electron chi connectivity index (χ2n) is 8.15. The van der Waals surface area contributed by atoms with Crippen LogP contribution >= 0.6 is 15.9 Å². The summed E-state index contributed by atoms with van der Waals surface area (Å²) in [5, 5.41) is 11.2. The van der Waals surface area contributed by atoms with E-state index in [1.807, 2.05) is 18.2 Å². The van der Waals surface area contributed by atoms with Crippen molar-refractivity contribution >= 4 is 38.6 Å². The number of hydrogen-bond acceptors (Lipinski definition) is 7. The molecular formula is C22H28BrN5O4. The lowest BCUT2D eigenvalue weighted by atomic mass is 10.1. The molecule has 9 nitrogen and oxygen atoms in total. The van der Waals surface area contributed by atoms with Crippen LogP contribution in [0.15, 0.2) is 28.9 Å². The first-order valence-electron chi connectivity index (χ1n) is 10.7. The maximum Gasteiger partial charge on any atom is 0.313 e. The lowest BCUT2D eigenvalue weighted by Gasteiger charge is -2.40. The number of methoxy groups -OCH3 is 1. The van der Waals surface area contributed by atoms with Crippen LogP contribution in [0.5, 0.6) is 5.75 Å². The van der Waals surface area contributed by atoms with Crippen LogP contribution in [0.25, 0.3) is 10.9 Å². The molecule has 10 heteroatoms. The van der Waals surface area contributed by atoms with Crippen LogP contribution in [0, 0.1) is 0 Å². The lowest BCUT2D eigenvalue weighted by molar-refractivity contribution is -0.158. The summed E-state index contributed by atoms with van der Waals surface area (Å²) in [5.74, 6) is -0.705. The highest BCUT2D eigenvalue weighted by Crippen LogP contribution is 2.34. The molecule has 0 unspecified atom stereocenters. The van der Waals surface area contributed by atoms with E-state index in [1.165, 1.54) is 0 Å². The highest BCUT2D eigenvalue weighted by atomic mass is 79.9. The first-order chi connectivity index (χ1) is 15.5. The number of aromatic hydroxyl groups is 1. The highest BCUT2D eigenvalue weighted by Gasteiger charge is 2.33. The van der Waals surface area contributed by atoms with E-state index in [0.29, 0.717) is 42.9 Å². The standard InChI is InChI=1S/C22H28BrN5O4/c1-32-12-11-27-9-10-28(22(31)21(27)30)15-26-7-5-25(6-8-26)14-16-13-18(23)20(29)19-17(16)3-2-4-24-19/h2-4,13,29H,5-12,14-15H2,1H3. The van der Waals surface area contributed by atoms with E-state index in [1.54, 1.807) is 23.1 Å². The summed E-state index contributed by atoms with van der Waals surface area (Å²) in [5.41, 5.74) is 1.71. The molecule has 0 radical (unpaired) electrons. The smallest absolute Gasteiger partial charge is 0.313 e. The third-order valence-corrected chi connectivity index (χ3v) is 6.70. The van der Waals surface area contributed by atoms with Crippen LogP contribution in [-0.4, -0.2) is 108 Å². The summed E-state index contributed by atoms with van der Waals surface area (Å²) < 4.78 is 5.66. The molecule has 172 valence electrons. The maximum atomic E-state index is 12.5. The van der Waals surface area contributed by atoms with Crippen LogP contribution in [0.3, 0.4) is 0 Å². The molecule has 4 rings (SSSR count). The number of nitrogens with zero attached hydrogens (tertiary/aromatic N) is 5. The number of hydrogen-bond donors (Lipinski definition) is 1. The summed E-state index contributed by atoms with van der Waals surface area (Å²) in [6.45, 7) is 6.57. The molecule has 1 aromatic carbocycles. The largest absolute Gasteiger partial charge is 0.505 e. The summed E-state index contributed by atoms with van der Waals surface area (Å²) in [6.07, 6.45) is 1.68. The van der Waals surface area contributed by atoms with Crippen LogP contribution in [0.4, 0.5) is 0 Å². The van der Waals surface area contributed by atoms with E-state index in [9.17, 15) is 14.7 Å². The van der Waals surface area contributed by atoms with Gasteiger partial charge in [0, 0.05) is 71.1 Å². The maximum absolute atomic E-state index is 12.5. The zero-order valence-corrected chi connectivity index (χ0v) is 19.8. The molecule has 2 aromatic rings. The molecule has 0 aliphatic carbocycles. The first kappa shape index (κ1) is 22.9. The van der Waals surface area contributed by atoms with Crippen molar-refractivity contribution in [2.24, 2.45) is 0 Å². The lowest BCUT2D eigenvalue weighted by Crippen LogP contribution is -2.58. The van der Waals surface area contributed by atoms with Gasteiger partial charge in [-0.1, -0.05) is 6.07 Å². The summed E-state index contributed by atoms with van der Waals surface area (Å²) in [4.78, 5) is 36.9. The fourth-order valence-corrected chi connectivity index (χ4v) is 4.70. The van der Waals surface area contributed by atoms with Gasteiger partial charge < -0.3 is 19.6 Å². The zero-order chi connectivity index (χ0) is 22.7. The van der Waals surface area contributed by atoms with Gasteiger partial charge in [-0.15, -0.1) is 0 Å². The number of ether oxygens (including phenoxy) is 1. The number of phenolic OH excluding ortho intramolecular Hbond substituents is 1. The van der Waals surface area contributed by atoms with Gasteiger partial charge in [0.1, 0.15) is 5.52 Å². The molecule has 2 amide bonds. The van der Waals surface area contributed by atoms with Gasteiger partial charge in [0.2, 0.25) is 0 Å². The Kier molecular flexibility index (Phi) is 7.24. The van der Waals surface area contributed by atoms with Crippen molar-refractivity contribution in [3.63, 3.8) is 0 Å². The monoisotopic (exact) mass is 505 g/mol. The Labute approximate surface area is 195 Å². The highest BCUT2D eigenvalue weighted by molar-refractivity contribution is 9.10. The molecule has 0 atom stereocenters. The van der Waals surface area contributed by atoms with Gasteiger partial charge in [0.25, 0.3) is 0 Å². The van der Waals surface area contributed by atoms with Gasteiger partial charge in [-0.25, -0.2) is 0 Å². The Morgan fingerprint density at radius 2 is 1.75 bits per heavy atom. The van der Waals surface area contributed by atoms with Crippen molar-refractivity contribution < 1.29 is 19.4 Å². The molecule has 0 bridgehead atoms. The van der Waals surface area contributed by atoms with Crippen LogP contribution in [0.2, 0.25) is 0 Å². The third kappa shape index (κ3) is 4.88. The summed E-state index contributed by atoms with van der Waals surface area (Å²) in [6, 6.07) is 5.82. The fourth-order valence-electron chi connectivity index (χ4n) is 4.23. The average molecular weight is 506 g/mol. The van der Waals surface area contributed by atoms with E-state index in [0.717, 1.165) is 43.7 Å². The number of aromatic nitrogens is 1. The molecule has 32 heavy (non-hydrogen) atoms. The quantitative estimate of drug-likeness (QED) is 0.563. The van der Waals surface area contributed by atoms with Crippen LogP contribution < -0.4 is 0 Å². The second kappa shape index (κ2) is 10.1. The number of rotatable bonds is 7. The van der Waals surface area contributed by atoms with Crippen molar-refractivity contribution in [1.29, 1.82) is 0 Å². The Bertz CT molecular complexity index is 996. The minimum Gasteiger partial charge on any atom is -0.505 e. The topological polar surface area (TPSA) is 89.4 Å². The van der Waals surface area contributed by atoms with E-state index >= 15 is 0 Å². The molecule has 1 aromatic heterocycles. The summed E-state index contributed by atoms with van der Waals surface area (Å²) >= 11 is 3.43. The fraction of sp³-hybridized carbons (Fsp3) is 0.500. The van der Waals surface area contributed by atoms with E-state index in [4.69, 9.17) is 4.74 Å². The Morgan fingerprint density at radius 3 is 2.50 bits per heavy atom.